The zero-order chi connectivity index (χ0) is 17.4. The Kier molecular flexibility index (Phi) is 4.29. The molecule has 0 spiro atoms. The van der Waals surface area contributed by atoms with E-state index in [4.69, 9.17) is 0 Å². The number of thiophene rings is 1. The van der Waals surface area contributed by atoms with Gasteiger partial charge in [0.1, 0.15) is 6.04 Å². The fraction of sp³-hybridized carbons (Fsp3) is 0.529. The summed E-state index contributed by atoms with van der Waals surface area (Å²) >= 11 is 1.62. The van der Waals surface area contributed by atoms with E-state index in [2.05, 4.69) is 10.3 Å². The number of hydrogen-bond donors (Lipinski definition) is 1. The molecule has 1 saturated carbocycles. The van der Waals surface area contributed by atoms with Crippen molar-refractivity contribution in [3.05, 3.63) is 34.3 Å². The number of aromatic nitrogens is 3. The molecule has 1 aliphatic heterocycles. The van der Waals surface area contributed by atoms with E-state index in [0.717, 1.165) is 30.6 Å². The van der Waals surface area contributed by atoms with Gasteiger partial charge in [-0.15, -0.1) is 16.4 Å². The highest BCUT2D eigenvalue weighted by molar-refractivity contribution is 7.09. The number of nitrogens with zero attached hydrogens (tertiary/aromatic N) is 4. The van der Waals surface area contributed by atoms with E-state index >= 15 is 0 Å². The second kappa shape index (κ2) is 6.59. The molecule has 1 N–H and O–H groups in total. The van der Waals surface area contributed by atoms with Gasteiger partial charge in [-0.1, -0.05) is 24.1 Å². The standard InChI is InChI=1S/C17H20N4O3S/c22-16(13-10-20(19-18-13)9-12-5-3-7-25-12)21-14-6-2-1-4-11(14)8-15(21)17(23)24/h3,5,7,10-11,14-15H,1-2,4,6,8-9H2,(H,23,24)/t11-,14-,15-/m0/s1. The molecule has 1 amide bonds. The number of likely N-dealkylation sites (tertiary alicyclic amines) is 1. The zero-order valence-electron chi connectivity index (χ0n) is 13.7. The van der Waals surface area contributed by atoms with Crippen LogP contribution in [0, 0.1) is 5.92 Å². The number of carboxylic acids is 1. The van der Waals surface area contributed by atoms with Crippen LogP contribution in [0.3, 0.4) is 0 Å². The molecule has 8 heteroatoms. The molecule has 2 aromatic rings. The fourth-order valence-electron chi connectivity index (χ4n) is 4.14. The highest BCUT2D eigenvalue weighted by Crippen LogP contribution is 2.40. The number of carbonyl (C=O) groups is 2. The highest BCUT2D eigenvalue weighted by atomic mass is 32.1. The summed E-state index contributed by atoms with van der Waals surface area (Å²) in [5.74, 6) is -0.937. The normalized spacial score (nSPS) is 25.8. The van der Waals surface area contributed by atoms with E-state index in [9.17, 15) is 14.7 Å². The number of rotatable bonds is 4. The van der Waals surface area contributed by atoms with Gasteiger partial charge in [0.2, 0.25) is 0 Å². The largest absolute Gasteiger partial charge is 0.480 e. The minimum Gasteiger partial charge on any atom is -0.480 e. The first-order valence-corrected chi connectivity index (χ1v) is 9.49. The van der Waals surface area contributed by atoms with Gasteiger partial charge in [0.15, 0.2) is 5.69 Å². The lowest BCUT2D eigenvalue weighted by molar-refractivity contribution is -0.141. The average Bonchev–Trinajstić information content (AvgIpc) is 3.34. The van der Waals surface area contributed by atoms with Crippen LogP contribution in [-0.4, -0.2) is 49.0 Å². The molecule has 25 heavy (non-hydrogen) atoms. The van der Waals surface area contributed by atoms with Crippen LogP contribution in [0.2, 0.25) is 0 Å². The van der Waals surface area contributed by atoms with Gasteiger partial charge in [0.25, 0.3) is 5.91 Å². The summed E-state index contributed by atoms with van der Waals surface area (Å²) in [6.07, 6.45) is 6.22. The number of aliphatic carboxylic acids is 1. The maximum atomic E-state index is 13.0. The Morgan fingerprint density at radius 3 is 2.92 bits per heavy atom. The Bertz CT molecular complexity index is 773. The van der Waals surface area contributed by atoms with Crippen molar-refractivity contribution in [3.8, 4) is 0 Å². The Morgan fingerprint density at radius 2 is 2.16 bits per heavy atom. The van der Waals surface area contributed by atoms with E-state index in [-0.39, 0.29) is 17.6 Å². The SMILES string of the molecule is O=C(O)[C@@H]1C[C@@H]2CCCC[C@@H]2N1C(=O)c1cn(Cc2cccs2)nn1. The van der Waals surface area contributed by atoms with Crippen LogP contribution in [0.4, 0.5) is 0 Å². The summed E-state index contributed by atoms with van der Waals surface area (Å²) in [6, 6.07) is 3.24. The predicted octanol–water partition coefficient (Wildman–Crippen LogP) is 2.25. The van der Waals surface area contributed by atoms with Crippen molar-refractivity contribution in [2.24, 2.45) is 5.92 Å². The lowest BCUT2D eigenvalue weighted by Crippen LogP contribution is -2.46. The first-order valence-electron chi connectivity index (χ1n) is 8.61. The van der Waals surface area contributed by atoms with Crippen molar-refractivity contribution in [2.45, 2.75) is 50.7 Å². The van der Waals surface area contributed by atoms with Crippen molar-refractivity contribution >= 4 is 23.2 Å². The molecule has 0 unspecified atom stereocenters. The monoisotopic (exact) mass is 360 g/mol. The van der Waals surface area contributed by atoms with Crippen LogP contribution in [0.15, 0.2) is 23.7 Å². The van der Waals surface area contributed by atoms with Gasteiger partial charge >= 0.3 is 5.97 Å². The predicted molar refractivity (Wildman–Crippen MR) is 91.4 cm³/mol. The third-order valence-electron chi connectivity index (χ3n) is 5.26. The molecule has 2 fully saturated rings. The Hall–Kier alpha value is -2.22. The second-order valence-corrected chi connectivity index (χ2v) is 7.83. The van der Waals surface area contributed by atoms with E-state index in [0.29, 0.717) is 18.9 Å². The molecular weight excluding hydrogens is 340 g/mol. The van der Waals surface area contributed by atoms with Crippen LogP contribution in [0.5, 0.6) is 0 Å². The molecule has 0 aromatic carbocycles. The van der Waals surface area contributed by atoms with Crippen molar-refractivity contribution in [3.63, 3.8) is 0 Å². The molecule has 1 saturated heterocycles. The molecule has 3 atom stereocenters. The highest BCUT2D eigenvalue weighted by Gasteiger charge is 2.48. The molecule has 1 aliphatic carbocycles. The van der Waals surface area contributed by atoms with Crippen molar-refractivity contribution in [1.29, 1.82) is 0 Å². The van der Waals surface area contributed by atoms with Crippen molar-refractivity contribution in [1.82, 2.24) is 19.9 Å². The topological polar surface area (TPSA) is 88.3 Å². The van der Waals surface area contributed by atoms with Gasteiger partial charge in [-0.3, -0.25) is 4.79 Å². The molecule has 2 aliphatic rings. The summed E-state index contributed by atoms with van der Waals surface area (Å²) in [7, 11) is 0. The van der Waals surface area contributed by atoms with Crippen LogP contribution in [0.1, 0.15) is 47.5 Å². The quantitative estimate of drug-likeness (QED) is 0.903. The summed E-state index contributed by atoms with van der Waals surface area (Å²) in [4.78, 5) is 27.3. The molecule has 4 rings (SSSR count). The molecule has 132 valence electrons. The zero-order valence-corrected chi connectivity index (χ0v) is 14.6. The van der Waals surface area contributed by atoms with Gasteiger partial charge in [-0.05, 0) is 36.6 Å². The molecular formula is C17H20N4O3S. The third-order valence-corrected chi connectivity index (χ3v) is 6.12. The number of carbonyl (C=O) groups excluding carboxylic acids is 1. The average molecular weight is 360 g/mol. The van der Waals surface area contributed by atoms with Gasteiger partial charge in [-0.25, -0.2) is 9.48 Å². The maximum Gasteiger partial charge on any atom is 0.326 e. The third kappa shape index (κ3) is 3.06. The summed E-state index contributed by atoms with van der Waals surface area (Å²) in [5.41, 5.74) is 0.231. The van der Waals surface area contributed by atoms with Crippen LogP contribution >= 0.6 is 11.3 Å². The summed E-state index contributed by atoms with van der Waals surface area (Å²) < 4.78 is 1.63. The van der Waals surface area contributed by atoms with E-state index < -0.39 is 12.0 Å². The molecule has 0 bridgehead atoms. The molecule has 0 radical (unpaired) electrons. The number of amides is 1. The summed E-state index contributed by atoms with van der Waals surface area (Å²) in [5, 5.41) is 19.6. The lowest BCUT2D eigenvalue weighted by atomic mass is 9.84. The Morgan fingerprint density at radius 1 is 1.32 bits per heavy atom. The summed E-state index contributed by atoms with van der Waals surface area (Å²) in [6.45, 7) is 0.562. The maximum absolute atomic E-state index is 13.0. The minimum atomic E-state index is -0.922. The Labute approximate surface area is 149 Å². The first-order chi connectivity index (χ1) is 12.1. The molecule has 7 nitrogen and oxygen atoms in total. The van der Waals surface area contributed by atoms with Gasteiger partial charge in [0.05, 0.1) is 12.7 Å². The van der Waals surface area contributed by atoms with Crippen LogP contribution in [0.25, 0.3) is 0 Å². The van der Waals surface area contributed by atoms with Gasteiger partial charge in [-0.2, -0.15) is 0 Å². The van der Waals surface area contributed by atoms with E-state index in [1.165, 1.54) is 0 Å². The van der Waals surface area contributed by atoms with Crippen molar-refractivity contribution in [2.75, 3.05) is 0 Å². The molecule has 3 heterocycles. The lowest BCUT2D eigenvalue weighted by Gasteiger charge is -2.32. The van der Waals surface area contributed by atoms with Crippen LogP contribution in [-0.2, 0) is 11.3 Å². The molecule has 2 aromatic heterocycles. The minimum absolute atomic E-state index is 0.0183. The van der Waals surface area contributed by atoms with Gasteiger partial charge in [0, 0.05) is 10.9 Å². The fourth-order valence-corrected chi connectivity index (χ4v) is 4.84. The Balaban J connectivity index is 1.56. The smallest absolute Gasteiger partial charge is 0.326 e. The first kappa shape index (κ1) is 16.3. The van der Waals surface area contributed by atoms with E-state index in [1.54, 1.807) is 27.1 Å². The number of carboxylic acid groups (broad SMARTS) is 1. The van der Waals surface area contributed by atoms with Crippen molar-refractivity contribution < 1.29 is 14.7 Å². The van der Waals surface area contributed by atoms with E-state index in [1.807, 2.05) is 17.5 Å². The van der Waals surface area contributed by atoms with Crippen LogP contribution < -0.4 is 0 Å². The second-order valence-electron chi connectivity index (χ2n) is 6.79. The number of fused-ring (bicyclic) bond motifs is 1. The van der Waals surface area contributed by atoms with Gasteiger partial charge < -0.3 is 10.0 Å². The number of hydrogen-bond acceptors (Lipinski definition) is 5.